The molecule has 114 valence electrons. The largest absolute Gasteiger partial charge is 0.394 e. The van der Waals surface area contributed by atoms with E-state index in [0.717, 1.165) is 17.1 Å². The number of aromatic nitrogens is 2. The van der Waals surface area contributed by atoms with E-state index in [-0.39, 0.29) is 18.6 Å². The zero-order chi connectivity index (χ0) is 15.7. The Bertz CT molecular complexity index is 657. The van der Waals surface area contributed by atoms with Gasteiger partial charge in [-0.05, 0) is 33.8 Å². The smallest absolute Gasteiger partial charge is 0.255 e. The predicted molar refractivity (Wildman–Crippen MR) is 78.7 cm³/mol. The van der Waals surface area contributed by atoms with Crippen molar-refractivity contribution in [1.29, 1.82) is 0 Å². The highest BCUT2D eigenvalue weighted by atomic mass is 16.5. The maximum atomic E-state index is 12.5. The first kappa shape index (κ1) is 15.3. The van der Waals surface area contributed by atoms with E-state index in [1.165, 1.54) is 0 Å². The van der Waals surface area contributed by atoms with E-state index >= 15 is 0 Å². The van der Waals surface area contributed by atoms with Gasteiger partial charge in [-0.2, -0.15) is 0 Å². The van der Waals surface area contributed by atoms with Crippen LogP contribution < -0.4 is 0 Å². The normalized spacial score (nSPS) is 12.5. The Morgan fingerprint density at radius 1 is 1.43 bits per heavy atom. The van der Waals surface area contributed by atoms with Gasteiger partial charge < -0.3 is 14.5 Å². The molecular formula is C15H21N3O3. The molecule has 0 bridgehead atoms. The lowest BCUT2D eigenvalue weighted by Gasteiger charge is -2.23. The lowest BCUT2D eigenvalue weighted by atomic mass is 10.2. The van der Waals surface area contributed by atoms with E-state index in [4.69, 9.17) is 4.52 Å². The number of aryl methyl sites for hydroxylation is 2. The Hall–Kier alpha value is -2.08. The molecule has 0 saturated heterocycles. The van der Waals surface area contributed by atoms with Crippen molar-refractivity contribution in [3.63, 3.8) is 0 Å². The number of carbonyl (C=O) groups is 1. The third kappa shape index (κ3) is 2.71. The third-order valence-corrected chi connectivity index (χ3v) is 3.75. The van der Waals surface area contributed by atoms with Crippen molar-refractivity contribution in [1.82, 2.24) is 14.6 Å². The maximum absolute atomic E-state index is 12.5. The van der Waals surface area contributed by atoms with E-state index in [1.54, 1.807) is 18.9 Å². The Morgan fingerprint density at radius 3 is 2.62 bits per heavy atom. The van der Waals surface area contributed by atoms with Gasteiger partial charge in [-0.25, -0.2) is 0 Å². The van der Waals surface area contributed by atoms with Crippen LogP contribution in [-0.2, 0) is 0 Å². The standard InChI is InChI=1S/C15H21N3O3/c1-9-6-13(15(20)17(5)10(2)8-19)12(4)18(9)14-7-11(3)21-16-14/h6-7,10,19H,8H2,1-5H3. The molecule has 6 heteroatoms. The SMILES string of the molecule is Cc1cc(-n2c(C)cc(C(=O)N(C)C(C)CO)c2C)no1. The number of aliphatic hydroxyl groups excluding tert-OH is 1. The van der Waals surface area contributed by atoms with E-state index in [9.17, 15) is 9.90 Å². The summed E-state index contributed by atoms with van der Waals surface area (Å²) in [5, 5.41) is 13.2. The van der Waals surface area contributed by atoms with Crippen LogP contribution in [0.2, 0.25) is 0 Å². The number of amides is 1. The van der Waals surface area contributed by atoms with Crippen molar-refractivity contribution in [2.45, 2.75) is 33.7 Å². The second-order valence-corrected chi connectivity index (χ2v) is 5.36. The molecule has 0 aliphatic heterocycles. The maximum Gasteiger partial charge on any atom is 0.255 e. The fourth-order valence-corrected chi connectivity index (χ4v) is 2.30. The highest BCUT2D eigenvalue weighted by molar-refractivity contribution is 5.96. The molecule has 2 aromatic rings. The molecular weight excluding hydrogens is 270 g/mol. The van der Waals surface area contributed by atoms with Gasteiger partial charge in [0.1, 0.15) is 5.76 Å². The van der Waals surface area contributed by atoms with Crippen LogP contribution in [0.1, 0.15) is 34.4 Å². The Morgan fingerprint density at radius 2 is 2.10 bits per heavy atom. The lowest BCUT2D eigenvalue weighted by molar-refractivity contribution is 0.0681. The van der Waals surface area contributed by atoms with E-state index in [0.29, 0.717) is 11.4 Å². The second-order valence-electron chi connectivity index (χ2n) is 5.36. The zero-order valence-corrected chi connectivity index (χ0v) is 13.0. The van der Waals surface area contributed by atoms with Crippen LogP contribution in [0, 0.1) is 20.8 Å². The number of likely N-dealkylation sites (N-methyl/N-ethyl adjacent to an activating group) is 1. The van der Waals surface area contributed by atoms with Gasteiger partial charge in [0, 0.05) is 24.5 Å². The first-order chi connectivity index (χ1) is 9.86. The predicted octanol–water partition coefficient (Wildman–Crippen LogP) is 1.84. The average molecular weight is 291 g/mol. The molecule has 0 spiro atoms. The number of rotatable bonds is 4. The molecule has 21 heavy (non-hydrogen) atoms. The van der Waals surface area contributed by atoms with Crippen molar-refractivity contribution >= 4 is 5.91 Å². The molecule has 1 N–H and O–H groups in total. The Balaban J connectivity index is 2.42. The first-order valence-corrected chi connectivity index (χ1v) is 6.87. The summed E-state index contributed by atoms with van der Waals surface area (Å²) in [5.41, 5.74) is 2.33. The molecule has 0 aliphatic rings. The van der Waals surface area contributed by atoms with Crippen molar-refractivity contribution in [3.8, 4) is 5.82 Å². The Kier molecular flexibility index (Phi) is 4.18. The topological polar surface area (TPSA) is 71.5 Å². The summed E-state index contributed by atoms with van der Waals surface area (Å²) in [7, 11) is 1.69. The molecule has 2 heterocycles. The van der Waals surface area contributed by atoms with Gasteiger partial charge in [0.2, 0.25) is 0 Å². The van der Waals surface area contributed by atoms with Gasteiger partial charge in [0.25, 0.3) is 5.91 Å². The highest BCUT2D eigenvalue weighted by Gasteiger charge is 2.23. The molecule has 1 atom stereocenters. The summed E-state index contributed by atoms with van der Waals surface area (Å²) in [6.45, 7) is 7.36. The molecule has 0 fully saturated rings. The monoisotopic (exact) mass is 291 g/mol. The summed E-state index contributed by atoms with van der Waals surface area (Å²) in [5.74, 6) is 1.27. The number of nitrogens with zero attached hydrogens (tertiary/aromatic N) is 3. The van der Waals surface area contributed by atoms with E-state index in [1.807, 2.05) is 37.5 Å². The fourth-order valence-electron chi connectivity index (χ4n) is 2.30. The van der Waals surface area contributed by atoms with Crippen LogP contribution >= 0.6 is 0 Å². The highest BCUT2D eigenvalue weighted by Crippen LogP contribution is 2.22. The van der Waals surface area contributed by atoms with Gasteiger partial charge in [-0.1, -0.05) is 5.16 Å². The molecule has 0 aliphatic carbocycles. The molecule has 2 aromatic heterocycles. The minimum Gasteiger partial charge on any atom is -0.394 e. The second kappa shape index (κ2) is 5.73. The number of hydrogen-bond donors (Lipinski definition) is 1. The summed E-state index contributed by atoms with van der Waals surface area (Å²) in [6, 6.07) is 3.44. The van der Waals surface area contributed by atoms with Crippen LogP contribution in [0.4, 0.5) is 0 Å². The number of aliphatic hydroxyl groups is 1. The zero-order valence-electron chi connectivity index (χ0n) is 13.0. The summed E-state index contributed by atoms with van der Waals surface area (Å²) < 4.78 is 6.99. The quantitative estimate of drug-likeness (QED) is 0.933. The number of carbonyl (C=O) groups excluding carboxylic acids is 1. The third-order valence-electron chi connectivity index (χ3n) is 3.75. The van der Waals surface area contributed by atoms with Crippen molar-refractivity contribution in [2.75, 3.05) is 13.7 Å². The van der Waals surface area contributed by atoms with E-state index in [2.05, 4.69) is 5.16 Å². The van der Waals surface area contributed by atoms with Crippen molar-refractivity contribution in [3.05, 3.63) is 34.8 Å². The van der Waals surface area contributed by atoms with Crippen molar-refractivity contribution < 1.29 is 14.4 Å². The fraction of sp³-hybridized carbons (Fsp3) is 0.467. The van der Waals surface area contributed by atoms with Crippen LogP contribution in [0.3, 0.4) is 0 Å². The molecule has 0 radical (unpaired) electrons. The number of hydrogen-bond acceptors (Lipinski definition) is 4. The van der Waals surface area contributed by atoms with Crippen LogP contribution in [0.15, 0.2) is 16.7 Å². The van der Waals surface area contributed by atoms with Crippen LogP contribution in [0.5, 0.6) is 0 Å². The molecule has 6 nitrogen and oxygen atoms in total. The van der Waals surface area contributed by atoms with Gasteiger partial charge in [0.05, 0.1) is 18.2 Å². The van der Waals surface area contributed by atoms with Crippen molar-refractivity contribution in [2.24, 2.45) is 0 Å². The van der Waals surface area contributed by atoms with Gasteiger partial charge in [-0.3, -0.25) is 9.36 Å². The van der Waals surface area contributed by atoms with Gasteiger partial charge >= 0.3 is 0 Å². The minimum absolute atomic E-state index is 0.0660. The molecule has 1 unspecified atom stereocenters. The summed E-state index contributed by atoms with van der Waals surface area (Å²) in [4.78, 5) is 14.1. The molecule has 1 amide bonds. The van der Waals surface area contributed by atoms with Crippen LogP contribution in [0.25, 0.3) is 5.82 Å². The minimum atomic E-state index is -0.227. The summed E-state index contributed by atoms with van der Waals surface area (Å²) >= 11 is 0. The molecule has 0 saturated carbocycles. The lowest BCUT2D eigenvalue weighted by Crippen LogP contribution is -2.37. The molecule has 0 aromatic carbocycles. The van der Waals surface area contributed by atoms with Gasteiger partial charge in [0.15, 0.2) is 5.82 Å². The Labute approximate surface area is 124 Å². The summed E-state index contributed by atoms with van der Waals surface area (Å²) in [6.07, 6.45) is 0. The first-order valence-electron chi connectivity index (χ1n) is 6.87. The van der Waals surface area contributed by atoms with Crippen LogP contribution in [-0.4, -0.2) is 45.3 Å². The van der Waals surface area contributed by atoms with Gasteiger partial charge in [-0.15, -0.1) is 0 Å². The van der Waals surface area contributed by atoms with E-state index < -0.39 is 0 Å². The molecule has 2 rings (SSSR count). The average Bonchev–Trinajstić information content (AvgIpc) is 2.99.